The van der Waals surface area contributed by atoms with Crippen LogP contribution in [0.4, 0.5) is 5.82 Å². The third-order valence-electron chi connectivity index (χ3n) is 4.40. The number of aryl methyl sites for hydroxylation is 2. The van der Waals surface area contributed by atoms with E-state index in [2.05, 4.69) is 19.6 Å². The van der Waals surface area contributed by atoms with Gasteiger partial charge in [-0.05, 0) is 38.3 Å². The molecule has 0 atom stereocenters. The maximum absolute atomic E-state index is 12.1. The molecule has 2 heterocycles. The highest BCUT2D eigenvalue weighted by Crippen LogP contribution is 2.21. The van der Waals surface area contributed by atoms with Crippen LogP contribution in [0.1, 0.15) is 29.8 Å². The molecule has 0 radical (unpaired) electrons. The van der Waals surface area contributed by atoms with Crippen molar-refractivity contribution >= 4 is 21.9 Å². The second-order valence-electron chi connectivity index (χ2n) is 6.81. The lowest BCUT2D eigenvalue weighted by Crippen LogP contribution is -2.26. The molecule has 28 heavy (non-hydrogen) atoms. The topological polar surface area (TPSA) is 84.4 Å². The van der Waals surface area contributed by atoms with Crippen molar-refractivity contribution in [3.8, 4) is 5.88 Å². The van der Waals surface area contributed by atoms with Crippen molar-refractivity contribution in [3.05, 3.63) is 52.7 Å². The SMILES string of the molecule is Cc1ccc(C=CS(=O)(=O)NCCOc2cc(N3CCCC3)nc(C)n2)cc1. The van der Waals surface area contributed by atoms with Gasteiger partial charge in [-0.1, -0.05) is 29.8 Å². The van der Waals surface area contributed by atoms with Gasteiger partial charge in [-0.15, -0.1) is 0 Å². The van der Waals surface area contributed by atoms with Gasteiger partial charge in [-0.3, -0.25) is 0 Å². The number of sulfonamides is 1. The molecule has 150 valence electrons. The van der Waals surface area contributed by atoms with Crippen LogP contribution >= 0.6 is 0 Å². The van der Waals surface area contributed by atoms with Gasteiger partial charge in [0.1, 0.15) is 18.2 Å². The molecule has 0 bridgehead atoms. The largest absolute Gasteiger partial charge is 0.476 e. The Morgan fingerprint density at radius 1 is 1.14 bits per heavy atom. The van der Waals surface area contributed by atoms with E-state index < -0.39 is 10.0 Å². The lowest BCUT2D eigenvalue weighted by atomic mass is 10.2. The van der Waals surface area contributed by atoms with Crippen molar-refractivity contribution < 1.29 is 13.2 Å². The number of ether oxygens (including phenoxy) is 1. The second-order valence-corrected chi connectivity index (χ2v) is 8.46. The van der Waals surface area contributed by atoms with Gasteiger partial charge >= 0.3 is 0 Å². The molecule has 2 aromatic rings. The zero-order chi connectivity index (χ0) is 20.0. The molecule has 0 aliphatic carbocycles. The Kier molecular flexibility index (Phi) is 6.64. The molecule has 0 unspecified atom stereocenters. The van der Waals surface area contributed by atoms with E-state index in [4.69, 9.17) is 4.74 Å². The number of rotatable bonds is 8. The third kappa shape index (κ3) is 6.03. The number of anilines is 1. The molecule has 0 spiro atoms. The number of hydrogen-bond donors (Lipinski definition) is 1. The maximum atomic E-state index is 12.1. The molecule has 3 rings (SSSR count). The van der Waals surface area contributed by atoms with E-state index in [0.717, 1.165) is 48.3 Å². The average Bonchev–Trinajstić information content (AvgIpc) is 3.19. The quantitative estimate of drug-likeness (QED) is 0.684. The van der Waals surface area contributed by atoms with E-state index in [0.29, 0.717) is 11.7 Å². The van der Waals surface area contributed by atoms with Gasteiger partial charge in [0.05, 0.1) is 0 Å². The molecule has 1 aliphatic heterocycles. The van der Waals surface area contributed by atoms with Crippen LogP contribution in [0.25, 0.3) is 6.08 Å². The Bertz CT molecular complexity index is 921. The molecular weight excluding hydrogens is 376 g/mol. The molecule has 1 aliphatic rings. The van der Waals surface area contributed by atoms with Crippen molar-refractivity contribution in [2.24, 2.45) is 0 Å². The van der Waals surface area contributed by atoms with Crippen LogP contribution in [0.3, 0.4) is 0 Å². The summed E-state index contributed by atoms with van der Waals surface area (Å²) in [6.07, 6.45) is 3.90. The predicted octanol–water partition coefficient (Wildman–Crippen LogP) is 2.66. The predicted molar refractivity (Wildman–Crippen MR) is 111 cm³/mol. The average molecular weight is 403 g/mol. The van der Waals surface area contributed by atoms with Crippen molar-refractivity contribution in [3.63, 3.8) is 0 Å². The summed E-state index contributed by atoms with van der Waals surface area (Å²) in [6.45, 7) is 6.13. The van der Waals surface area contributed by atoms with Crippen LogP contribution < -0.4 is 14.4 Å². The molecule has 0 amide bonds. The highest BCUT2D eigenvalue weighted by Gasteiger charge is 2.15. The van der Waals surface area contributed by atoms with E-state index in [1.807, 2.05) is 44.2 Å². The van der Waals surface area contributed by atoms with Crippen molar-refractivity contribution in [2.75, 3.05) is 31.1 Å². The molecule has 0 saturated carbocycles. The smallest absolute Gasteiger partial charge is 0.233 e. The summed E-state index contributed by atoms with van der Waals surface area (Å²) in [5.41, 5.74) is 1.96. The summed E-state index contributed by atoms with van der Waals surface area (Å²) in [5.74, 6) is 1.96. The Morgan fingerprint density at radius 2 is 1.86 bits per heavy atom. The first-order valence-corrected chi connectivity index (χ1v) is 10.9. The van der Waals surface area contributed by atoms with Crippen LogP contribution in [0.5, 0.6) is 5.88 Å². The van der Waals surface area contributed by atoms with Crippen LogP contribution in [0.15, 0.2) is 35.7 Å². The second kappa shape index (κ2) is 9.16. The Labute approximate surface area is 166 Å². The molecule has 1 aromatic carbocycles. The van der Waals surface area contributed by atoms with Gasteiger partial charge < -0.3 is 9.64 Å². The van der Waals surface area contributed by atoms with Gasteiger partial charge in [0.15, 0.2) is 0 Å². The van der Waals surface area contributed by atoms with Crippen LogP contribution in [-0.2, 0) is 10.0 Å². The minimum Gasteiger partial charge on any atom is -0.476 e. The first-order valence-electron chi connectivity index (χ1n) is 9.39. The lowest BCUT2D eigenvalue weighted by molar-refractivity contribution is 0.309. The van der Waals surface area contributed by atoms with E-state index in [9.17, 15) is 8.42 Å². The van der Waals surface area contributed by atoms with E-state index in [1.54, 1.807) is 6.08 Å². The van der Waals surface area contributed by atoms with Gasteiger partial charge in [-0.25, -0.2) is 18.1 Å². The van der Waals surface area contributed by atoms with Gasteiger partial charge in [0, 0.05) is 31.1 Å². The fourth-order valence-electron chi connectivity index (χ4n) is 2.94. The molecular formula is C20H26N4O3S. The molecule has 7 nitrogen and oxygen atoms in total. The standard InChI is InChI=1S/C20H26N4O3S/c1-16-5-7-18(8-6-16)9-14-28(25,26)21-10-13-27-20-15-19(22-17(2)23-20)24-11-3-4-12-24/h5-9,14-15,21H,3-4,10-13H2,1-2H3. The highest BCUT2D eigenvalue weighted by molar-refractivity contribution is 7.92. The summed E-state index contributed by atoms with van der Waals surface area (Å²) in [6, 6.07) is 9.44. The van der Waals surface area contributed by atoms with Crippen molar-refractivity contribution in [1.82, 2.24) is 14.7 Å². The fourth-order valence-corrected chi connectivity index (χ4v) is 3.74. The number of hydrogen-bond acceptors (Lipinski definition) is 6. The Balaban J connectivity index is 1.50. The van der Waals surface area contributed by atoms with E-state index in [-0.39, 0.29) is 13.2 Å². The first-order chi connectivity index (χ1) is 13.4. The minimum absolute atomic E-state index is 0.155. The zero-order valence-corrected chi connectivity index (χ0v) is 17.1. The zero-order valence-electron chi connectivity index (χ0n) is 16.3. The normalized spacial score (nSPS) is 14.7. The molecule has 1 aromatic heterocycles. The van der Waals surface area contributed by atoms with Crippen LogP contribution in [-0.4, -0.2) is 44.6 Å². The number of nitrogens with one attached hydrogen (secondary N) is 1. The summed E-state index contributed by atoms with van der Waals surface area (Å²) in [4.78, 5) is 10.9. The molecule has 1 N–H and O–H groups in total. The number of aromatic nitrogens is 2. The van der Waals surface area contributed by atoms with E-state index in [1.165, 1.54) is 0 Å². The monoisotopic (exact) mass is 402 g/mol. The van der Waals surface area contributed by atoms with Crippen molar-refractivity contribution in [2.45, 2.75) is 26.7 Å². The Morgan fingerprint density at radius 3 is 2.57 bits per heavy atom. The fraction of sp³-hybridized carbons (Fsp3) is 0.400. The molecule has 1 saturated heterocycles. The summed E-state index contributed by atoms with van der Waals surface area (Å²) in [7, 11) is -3.53. The van der Waals surface area contributed by atoms with Gasteiger partial charge in [-0.2, -0.15) is 4.98 Å². The lowest BCUT2D eigenvalue weighted by Gasteiger charge is -2.17. The highest BCUT2D eigenvalue weighted by atomic mass is 32.2. The van der Waals surface area contributed by atoms with Crippen LogP contribution in [0.2, 0.25) is 0 Å². The molecule has 8 heteroatoms. The minimum atomic E-state index is -3.53. The maximum Gasteiger partial charge on any atom is 0.233 e. The summed E-state index contributed by atoms with van der Waals surface area (Å²) >= 11 is 0. The van der Waals surface area contributed by atoms with E-state index >= 15 is 0 Å². The van der Waals surface area contributed by atoms with Crippen molar-refractivity contribution in [1.29, 1.82) is 0 Å². The summed E-state index contributed by atoms with van der Waals surface area (Å²) < 4.78 is 32.3. The number of nitrogens with zero attached hydrogens (tertiary/aromatic N) is 3. The Hall–Kier alpha value is -2.45. The first kappa shape index (κ1) is 20.3. The molecule has 1 fully saturated rings. The number of benzene rings is 1. The van der Waals surface area contributed by atoms with Gasteiger partial charge in [0.2, 0.25) is 15.9 Å². The summed E-state index contributed by atoms with van der Waals surface area (Å²) in [5, 5.41) is 1.16. The third-order valence-corrected chi connectivity index (χ3v) is 5.50. The van der Waals surface area contributed by atoms with Gasteiger partial charge in [0.25, 0.3) is 0 Å². The van der Waals surface area contributed by atoms with Crippen LogP contribution in [0, 0.1) is 13.8 Å².